The number of tetrazole rings is 1. The number of halogens is 2. The average molecular weight is 394 g/mol. The first-order valence-electron chi connectivity index (χ1n) is 7.95. The van der Waals surface area contributed by atoms with Crippen LogP contribution in [0.3, 0.4) is 0 Å². The Labute approximate surface area is 160 Å². The molecule has 0 bridgehead atoms. The second-order valence-corrected chi connectivity index (χ2v) is 6.17. The van der Waals surface area contributed by atoms with Crippen molar-refractivity contribution in [2.75, 3.05) is 11.9 Å². The van der Waals surface area contributed by atoms with Gasteiger partial charge in [0.25, 0.3) is 5.95 Å². The van der Waals surface area contributed by atoms with E-state index < -0.39 is 0 Å². The molecule has 1 aromatic heterocycles. The summed E-state index contributed by atoms with van der Waals surface area (Å²) in [6, 6.07) is 11.0. The molecule has 1 heterocycles. The third-order valence-electron chi connectivity index (χ3n) is 3.50. The second-order valence-electron chi connectivity index (χ2n) is 5.33. The Kier molecular flexibility index (Phi) is 6.14. The standard InChI is InChI=1S/C17H17Cl2N5O2/c1-2-25-16-7-11(9-20-17-21-23-24-22-17)3-6-15(16)26-10-12-4-5-13(18)8-14(12)19/h3-8H,2,9-10H2,1H3,(H2,20,21,22,23,24). The number of H-pyrrole nitrogens is 1. The molecule has 0 spiro atoms. The van der Waals surface area contributed by atoms with Crippen molar-refractivity contribution in [2.24, 2.45) is 0 Å². The van der Waals surface area contributed by atoms with Crippen molar-refractivity contribution in [3.63, 3.8) is 0 Å². The van der Waals surface area contributed by atoms with Gasteiger partial charge >= 0.3 is 0 Å². The molecule has 136 valence electrons. The van der Waals surface area contributed by atoms with Gasteiger partial charge in [-0.3, -0.25) is 0 Å². The van der Waals surface area contributed by atoms with Gasteiger partial charge in [-0.05, 0) is 42.0 Å². The van der Waals surface area contributed by atoms with Crippen molar-refractivity contribution < 1.29 is 9.47 Å². The predicted octanol–water partition coefficient (Wildman–Crippen LogP) is 4.10. The van der Waals surface area contributed by atoms with Gasteiger partial charge in [0, 0.05) is 22.2 Å². The van der Waals surface area contributed by atoms with E-state index in [0.29, 0.717) is 47.3 Å². The summed E-state index contributed by atoms with van der Waals surface area (Å²) < 4.78 is 11.6. The second kappa shape index (κ2) is 8.73. The molecule has 26 heavy (non-hydrogen) atoms. The molecule has 0 fully saturated rings. The molecular weight excluding hydrogens is 377 g/mol. The number of aromatic amines is 1. The summed E-state index contributed by atoms with van der Waals surface area (Å²) in [6.45, 7) is 3.29. The van der Waals surface area contributed by atoms with Gasteiger partial charge in [0.05, 0.1) is 6.61 Å². The molecule has 7 nitrogen and oxygen atoms in total. The highest BCUT2D eigenvalue weighted by Gasteiger charge is 2.09. The van der Waals surface area contributed by atoms with Gasteiger partial charge in [-0.15, -0.1) is 5.10 Å². The highest BCUT2D eigenvalue weighted by molar-refractivity contribution is 6.35. The van der Waals surface area contributed by atoms with Crippen LogP contribution in [-0.4, -0.2) is 27.2 Å². The van der Waals surface area contributed by atoms with E-state index in [4.69, 9.17) is 32.7 Å². The summed E-state index contributed by atoms with van der Waals surface area (Å²) in [5.74, 6) is 1.73. The zero-order valence-corrected chi connectivity index (χ0v) is 15.5. The first-order valence-corrected chi connectivity index (χ1v) is 8.71. The SMILES string of the molecule is CCOc1cc(CNc2nn[nH]n2)ccc1OCc1ccc(Cl)cc1Cl. The Hall–Kier alpha value is -2.51. The van der Waals surface area contributed by atoms with Gasteiger partial charge in [-0.2, -0.15) is 5.21 Å². The normalized spacial score (nSPS) is 10.6. The van der Waals surface area contributed by atoms with Crippen molar-refractivity contribution in [1.29, 1.82) is 0 Å². The maximum Gasteiger partial charge on any atom is 0.263 e. The Morgan fingerprint density at radius 2 is 1.96 bits per heavy atom. The Bertz CT molecular complexity index is 858. The molecule has 3 aromatic rings. The van der Waals surface area contributed by atoms with Crippen molar-refractivity contribution >= 4 is 29.2 Å². The van der Waals surface area contributed by atoms with E-state index in [9.17, 15) is 0 Å². The van der Waals surface area contributed by atoms with E-state index in [-0.39, 0.29) is 0 Å². The topological polar surface area (TPSA) is 85.0 Å². The molecule has 0 saturated carbocycles. The summed E-state index contributed by atoms with van der Waals surface area (Å²) in [6.07, 6.45) is 0. The number of benzene rings is 2. The number of ether oxygens (including phenoxy) is 2. The van der Waals surface area contributed by atoms with Gasteiger partial charge in [-0.1, -0.05) is 40.4 Å². The smallest absolute Gasteiger partial charge is 0.263 e. The van der Waals surface area contributed by atoms with Crippen LogP contribution in [0.25, 0.3) is 0 Å². The fraction of sp³-hybridized carbons (Fsp3) is 0.235. The van der Waals surface area contributed by atoms with Crippen LogP contribution in [-0.2, 0) is 13.2 Å². The number of rotatable bonds is 8. The number of hydrogen-bond acceptors (Lipinski definition) is 6. The summed E-state index contributed by atoms with van der Waals surface area (Å²) in [7, 11) is 0. The Morgan fingerprint density at radius 3 is 2.69 bits per heavy atom. The molecule has 2 N–H and O–H groups in total. The lowest BCUT2D eigenvalue weighted by Crippen LogP contribution is -2.04. The quantitative estimate of drug-likeness (QED) is 0.599. The maximum atomic E-state index is 6.19. The van der Waals surface area contributed by atoms with Crippen LogP contribution >= 0.6 is 23.2 Å². The molecule has 0 amide bonds. The maximum absolute atomic E-state index is 6.19. The van der Waals surface area contributed by atoms with Gasteiger partial charge in [0.15, 0.2) is 11.5 Å². The van der Waals surface area contributed by atoms with E-state index in [1.165, 1.54) is 0 Å². The number of aromatic nitrogens is 4. The molecule has 0 saturated heterocycles. The number of hydrogen-bond donors (Lipinski definition) is 2. The van der Waals surface area contributed by atoms with Crippen molar-refractivity contribution in [3.8, 4) is 11.5 Å². The van der Waals surface area contributed by atoms with Crippen LogP contribution in [0.4, 0.5) is 5.95 Å². The summed E-state index contributed by atoms with van der Waals surface area (Å²) in [5.41, 5.74) is 1.84. The monoisotopic (exact) mass is 393 g/mol. The van der Waals surface area contributed by atoms with E-state index >= 15 is 0 Å². The van der Waals surface area contributed by atoms with E-state index in [0.717, 1.165) is 11.1 Å². The summed E-state index contributed by atoms with van der Waals surface area (Å²) >= 11 is 12.1. The largest absolute Gasteiger partial charge is 0.490 e. The molecular formula is C17H17Cl2N5O2. The van der Waals surface area contributed by atoms with E-state index in [2.05, 4.69) is 25.9 Å². The Morgan fingerprint density at radius 1 is 1.08 bits per heavy atom. The lowest BCUT2D eigenvalue weighted by atomic mass is 10.2. The minimum atomic E-state index is 0.316. The molecule has 0 radical (unpaired) electrons. The van der Waals surface area contributed by atoms with E-state index in [1.807, 2.05) is 31.2 Å². The number of anilines is 1. The van der Waals surface area contributed by atoms with Crippen LogP contribution in [0, 0.1) is 0 Å². The van der Waals surface area contributed by atoms with Crippen molar-refractivity contribution in [1.82, 2.24) is 20.6 Å². The third kappa shape index (κ3) is 4.77. The zero-order chi connectivity index (χ0) is 18.4. The molecule has 0 atom stereocenters. The molecule has 2 aromatic carbocycles. The lowest BCUT2D eigenvalue weighted by molar-refractivity contribution is 0.269. The predicted molar refractivity (Wildman–Crippen MR) is 99.9 cm³/mol. The minimum absolute atomic E-state index is 0.316. The van der Waals surface area contributed by atoms with Crippen LogP contribution in [0.15, 0.2) is 36.4 Å². The minimum Gasteiger partial charge on any atom is -0.490 e. The molecule has 0 unspecified atom stereocenters. The van der Waals surface area contributed by atoms with Crippen LogP contribution in [0.1, 0.15) is 18.1 Å². The molecule has 0 aliphatic carbocycles. The first kappa shape index (κ1) is 18.3. The van der Waals surface area contributed by atoms with E-state index in [1.54, 1.807) is 12.1 Å². The number of nitrogens with zero attached hydrogens (tertiary/aromatic N) is 3. The zero-order valence-electron chi connectivity index (χ0n) is 14.0. The molecule has 9 heteroatoms. The highest BCUT2D eigenvalue weighted by atomic mass is 35.5. The van der Waals surface area contributed by atoms with Crippen molar-refractivity contribution in [3.05, 3.63) is 57.6 Å². The first-order chi connectivity index (χ1) is 12.7. The summed E-state index contributed by atoms with van der Waals surface area (Å²) in [4.78, 5) is 0. The van der Waals surface area contributed by atoms with Crippen molar-refractivity contribution in [2.45, 2.75) is 20.1 Å². The highest BCUT2D eigenvalue weighted by Crippen LogP contribution is 2.30. The average Bonchev–Trinajstić information content (AvgIpc) is 3.14. The number of nitrogens with one attached hydrogen (secondary N) is 2. The van der Waals surface area contributed by atoms with Crippen LogP contribution < -0.4 is 14.8 Å². The van der Waals surface area contributed by atoms with Gasteiger partial charge < -0.3 is 14.8 Å². The fourth-order valence-corrected chi connectivity index (χ4v) is 2.73. The van der Waals surface area contributed by atoms with Crippen LogP contribution in [0.5, 0.6) is 11.5 Å². The van der Waals surface area contributed by atoms with Crippen LogP contribution in [0.2, 0.25) is 10.0 Å². The fourth-order valence-electron chi connectivity index (χ4n) is 2.26. The Balaban J connectivity index is 1.69. The summed E-state index contributed by atoms with van der Waals surface area (Å²) in [5, 5.41) is 17.8. The van der Waals surface area contributed by atoms with Gasteiger partial charge in [0.1, 0.15) is 6.61 Å². The lowest BCUT2D eigenvalue weighted by Gasteiger charge is -2.14. The van der Waals surface area contributed by atoms with Gasteiger partial charge in [-0.25, -0.2) is 0 Å². The third-order valence-corrected chi connectivity index (χ3v) is 4.09. The molecule has 3 rings (SSSR count). The molecule has 0 aliphatic heterocycles. The molecule has 0 aliphatic rings. The van der Waals surface area contributed by atoms with Gasteiger partial charge in [0.2, 0.25) is 0 Å².